The maximum Gasteiger partial charge on any atom is 0.133 e. The van der Waals surface area contributed by atoms with Gasteiger partial charge in [0.15, 0.2) is 0 Å². The minimum absolute atomic E-state index is 0.500. The molecule has 2 aromatic rings. The Kier molecular flexibility index (Phi) is 3.91. The Labute approximate surface area is 113 Å². The Hall–Kier alpha value is -0.500. The first-order valence-corrected chi connectivity index (χ1v) is 6.48. The van der Waals surface area contributed by atoms with Crippen LogP contribution in [0.25, 0.3) is 11.1 Å². The lowest BCUT2D eigenvalue weighted by atomic mass is 10.0. The Morgan fingerprint density at radius 3 is 2.12 bits per heavy atom. The predicted molar refractivity (Wildman–Crippen MR) is 74.0 cm³/mol. The molecule has 82 valence electrons. The van der Waals surface area contributed by atoms with Gasteiger partial charge in [0.25, 0.3) is 0 Å². The van der Waals surface area contributed by atoms with Crippen molar-refractivity contribution in [3.05, 3.63) is 58.6 Å². The molecule has 0 radical (unpaired) electrons. The molecule has 0 aromatic heterocycles. The Morgan fingerprint density at radius 1 is 0.875 bits per heavy atom. The standard InChI is InChI=1S/C13H9BrCl2/c14-10-7-5-9(6-8-10)11-3-1-2-4-12(11)13(15)16/h1-8,13H. The maximum atomic E-state index is 5.95. The van der Waals surface area contributed by atoms with Crippen molar-refractivity contribution in [3.63, 3.8) is 0 Å². The lowest BCUT2D eigenvalue weighted by molar-refractivity contribution is 1.35. The van der Waals surface area contributed by atoms with Crippen LogP contribution in [-0.4, -0.2) is 0 Å². The third-order valence-electron chi connectivity index (χ3n) is 2.35. The fourth-order valence-corrected chi connectivity index (χ4v) is 2.22. The number of benzene rings is 2. The number of hydrogen-bond donors (Lipinski definition) is 0. The van der Waals surface area contributed by atoms with Crippen LogP contribution in [0.5, 0.6) is 0 Å². The minimum atomic E-state index is -0.500. The highest BCUT2D eigenvalue weighted by molar-refractivity contribution is 9.10. The van der Waals surface area contributed by atoms with Crippen molar-refractivity contribution in [2.75, 3.05) is 0 Å². The van der Waals surface area contributed by atoms with Gasteiger partial charge in [-0.15, -0.1) is 23.2 Å². The van der Waals surface area contributed by atoms with E-state index in [0.717, 1.165) is 21.2 Å². The van der Waals surface area contributed by atoms with Crippen LogP contribution in [-0.2, 0) is 0 Å². The summed E-state index contributed by atoms with van der Waals surface area (Å²) in [4.78, 5) is -0.500. The molecule has 0 aliphatic carbocycles. The van der Waals surface area contributed by atoms with E-state index in [4.69, 9.17) is 23.2 Å². The van der Waals surface area contributed by atoms with Gasteiger partial charge in [0, 0.05) is 4.47 Å². The highest BCUT2D eigenvalue weighted by Crippen LogP contribution is 2.34. The first-order valence-electron chi connectivity index (χ1n) is 4.81. The van der Waals surface area contributed by atoms with Crippen LogP contribution in [0.2, 0.25) is 0 Å². The summed E-state index contributed by atoms with van der Waals surface area (Å²) in [6, 6.07) is 16.0. The van der Waals surface area contributed by atoms with Crippen molar-refractivity contribution in [1.29, 1.82) is 0 Å². The van der Waals surface area contributed by atoms with Crippen molar-refractivity contribution >= 4 is 39.1 Å². The second-order valence-corrected chi connectivity index (χ2v) is 5.41. The lowest BCUT2D eigenvalue weighted by Crippen LogP contribution is -1.87. The van der Waals surface area contributed by atoms with Gasteiger partial charge in [0.2, 0.25) is 0 Å². The van der Waals surface area contributed by atoms with E-state index < -0.39 is 4.84 Å². The summed E-state index contributed by atoms with van der Waals surface area (Å²) in [7, 11) is 0. The molecule has 16 heavy (non-hydrogen) atoms. The van der Waals surface area contributed by atoms with Crippen molar-refractivity contribution < 1.29 is 0 Å². The zero-order chi connectivity index (χ0) is 11.5. The molecule has 0 heterocycles. The second kappa shape index (κ2) is 5.22. The van der Waals surface area contributed by atoms with E-state index in [-0.39, 0.29) is 0 Å². The van der Waals surface area contributed by atoms with Gasteiger partial charge >= 0.3 is 0 Å². The first kappa shape index (κ1) is 12.0. The first-order chi connectivity index (χ1) is 7.68. The van der Waals surface area contributed by atoms with E-state index in [2.05, 4.69) is 15.9 Å². The molecule has 0 unspecified atom stereocenters. The van der Waals surface area contributed by atoms with E-state index in [1.807, 2.05) is 48.5 Å². The summed E-state index contributed by atoms with van der Waals surface area (Å²) >= 11 is 15.3. The van der Waals surface area contributed by atoms with Gasteiger partial charge in [-0.25, -0.2) is 0 Å². The molecule has 0 saturated heterocycles. The van der Waals surface area contributed by atoms with Gasteiger partial charge < -0.3 is 0 Å². The summed E-state index contributed by atoms with van der Waals surface area (Å²) in [5, 5.41) is 0. The van der Waals surface area contributed by atoms with Crippen molar-refractivity contribution in [2.24, 2.45) is 0 Å². The second-order valence-electron chi connectivity index (χ2n) is 3.39. The Morgan fingerprint density at radius 2 is 1.50 bits per heavy atom. The van der Waals surface area contributed by atoms with Gasteiger partial charge in [-0.05, 0) is 28.8 Å². The molecular weight excluding hydrogens is 307 g/mol. The van der Waals surface area contributed by atoms with Crippen LogP contribution in [0.15, 0.2) is 53.0 Å². The van der Waals surface area contributed by atoms with E-state index in [1.165, 1.54) is 0 Å². The molecule has 0 fully saturated rings. The van der Waals surface area contributed by atoms with E-state index in [9.17, 15) is 0 Å². The number of halogens is 3. The highest BCUT2D eigenvalue weighted by atomic mass is 79.9. The van der Waals surface area contributed by atoms with Gasteiger partial charge in [0.1, 0.15) is 4.84 Å². The zero-order valence-corrected chi connectivity index (χ0v) is 11.4. The van der Waals surface area contributed by atoms with Gasteiger partial charge in [-0.3, -0.25) is 0 Å². The van der Waals surface area contributed by atoms with Gasteiger partial charge in [0.05, 0.1) is 0 Å². The van der Waals surface area contributed by atoms with Crippen LogP contribution >= 0.6 is 39.1 Å². The third-order valence-corrected chi connectivity index (χ3v) is 3.35. The Bertz CT molecular complexity index is 478. The summed E-state index contributed by atoms with van der Waals surface area (Å²) in [6.45, 7) is 0. The van der Waals surface area contributed by atoms with Crippen molar-refractivity contribution in [1.82, 2.24) is 0 Å². The number of alkyl halides is 2. The summed E-state index contributed by atoms with van der Waals surface area (Å²) in [5.41, 5.74) is 3.13. The van der Waals surface area contributed by atoms with Crippen molar-refractivity contribution in [2.45, 2.75) is 4.84 Å². The van der Waals surface area contributed by atoms with E-state index in [1.54, 1.807) is 0 Å². The molecule has 0 N–H and O–H groups in total. The molecule has 0 aliphatic rings. The summed E-state index contributed by atoms with van der Waals surface area (Å²) in [6.07, 6.45) is 0. The highest BCUT2D eigenvalue weighted by Gasteiger charge is 2.10. The van der Waals surface area contributed by atoms with Crippen molar-refractivity contribution in [3.8, 4) is 11.1 Å². The number of rotatable bonds is 2. The summed E-state index contributed by atoms with van der Waals surface area (Å²) in [5.74, 6) is 0. The topological polar surface area (TPSA) is 0 Å². The minimum Gasteiger partial charge on any atom is -0.100 e. The molecule has 3 heteroatoms. The molecule has 0 spiro atoms. The van der Waals surface area contributed by atoms with Crippen LogP contribution in [0, 0.1) is 0 Å². The quantitative estimate of drug-likeness (QED) is 0.633. The third kappa shape index (κ3) is 2.60. The summed E-state index contributed by atoms with van der Waals surface area (Å²) < 4.78 is 1.06. The molecule has 0 bridgehead atoms. The maximum absolute atomic E-state index is 5.95. The monoisotopic (exact) mass is 314 g/mol. The SMILES string of the molecule is ClC(Cl)c1ccccc1-c1ccc(Br)cc1. The molecule has 2 aromatic carbocycles. The Balaban J connectivity index is 2.51. The van der Waals surface area contributed by atoms with Crippen LogP contribution in [0.3, 0.4) is 0 Å². The predicted octanol–water partition coefficient (Wildman–Crippen LogP) is 5.59. The molecule has 0 saturated carbocycles. The fourth-order valence-electron chi connectivity index (χ4n) is 1.58. The normalized spacial score (nSPS) is 10.8. The van der Waals surface area contributed by atoms with Crippen LogP contribution in [0.4, 0.5) is 0 Å². The van der Waals surface area contributed by atoms with Gasteiger partial charge in [-0.2, -0.15) is 0 Å². The average molecular weight is 316 g/mol. The molecule has 0 nitrogen and oxygen atoms in total. The molecule has 2 rings (SSSR count). The van der Waals surface area contributed by atoms with Gasteiger partial charge in [-0.1, -0.05) is 52.3 Å². The smallest absolute Gasteiger partial charge is 0.100 e. The zero-order valence-electron chi connectivity index (χ0n) is 8.33. The van der Waals surface area contributed by atoms with E-state index >= 15 is 0 Å². The fraction of sp³-hybridized carbons (Fsp3) is 0.0769. The van der Waals surface area contributed by atoms with Crippen LogP contribution < -0.4 is 0 Å². The molecule has 0 aliphatic heterocycles. The largest absolute Gasteiger partial charge is 0.133 e. The molecule has 0 amide bonds. The van der Waals surface area contributed by atoms with E-state index in [0.29, 0.717) is 0 Å². The molecular formula is C13H9BrCl2. The van der Waals surface area contributed by atoms with Crippen LogP contribution in [0.1, 0.15) is 10.4 Å². The lowest BCUT2D eigenvalue weighted by Gasteiger charge is -2.10. The molecule has 0 atom stereocenters. The number of hydrogen-bond acceptors (Lipinski definition) is 0. The average Bonchev–Trinajstić information content (AvgIpc) is 2.30.